The van der Waals surface area contributed by atoms with E-state index in [1.54, 1.807) is 0 Å². The van der Waals surface area contributed by atoms with Crippen LogP contribution in [0.1, 0.15) is 32.4 Å². The Balaban J connectivity index is 2.66. The number of rotatable bonds is 6. The highest BCUT2D eigenvalue weighted by atomic mass is 79.9. The van der Waals surface area contributed by atoms with Crippen molar-refractivity contribution in [3.8, 4) is 0 Å². The van der Waals surface area contributed by atoms with Crippen LogP contribution in [0.4, 0.5) is 4.39 Å². The summed E-state index contributed by atoms with van der Waals surface area (Å²) in [5.74, 6) is 0.393. The lowest BCUT2D eigenvalue weighted by atomic mass is 10.0. The molecule has 0 saturated heterocycles. The SMILES string of the molecule is CC(NCC(C(C)C)N(C)C)c1ccc(Br)cc1F. The van der Waals surface area contributed by atoms with Crippen molar-refractivity contribution < 1.29 is 4.39 Å². The first-order valence-electron chi connectivity index (χ1n) is 6.67. The summed E-state index contributed by atoms with van der Waals surface area (Å²) >= 11 is 3.28. The molecule has 1 aromatic carbocycles. The van der Waals surface area contributed by atoms with Crippen molar-refractivity contribution in [2.45, 2.75) is 32.9 Å². The van der Waals surface area contributed by atoms with E-state index in [9.17, 15) is 4.39 Å². The minimum atomic E-state index is -0.166. The van der Waals surface area contributed by atoms with Gasteiger partial charge in [0.2, 0.25) is 0 Å². The van der Waals surface area contributed by atoms with Crippen molar-refractivity contribution in [2.75, 3.05) is 20.6 Å². The summed E-state index contributed by atoms with van der Waals surface area (Å²) in [6.45, 7) is 7.26. The Kier molecular flexibility index (Phi) is 6.43. The second kappa shape index (κ2) is 7.36. The molecule has 4 heteroatoms. The predicted octanol–water partition coefficient (Wildman–Crippen LogP) is 3.83. The molecule has 108 valence electrons. The minimum absolute atomic E-state index is 0.00861. The molecule has 0 spiro atoms. The molecule has 2 nitrogen and oxygen atoms in total. The summed E-state index contributed by atoms with van der Waals surface area (Å²) in [5.41, 5.74) is 0.712. The van der Waals surface area contributed by atoms with E-state index in [-0.39, 0.29) is 11.9 Å². The topological polar surface area (TPSA) is 15.3 Å². The first kappa shape index (κ1) is 16.6. The van der Waals surface area contributed by atoms with Crippen molar-refractivity contribution in [1.29, 1.82) is 0 Å². The molecular weight excluding hydrogens is 307 g/mol. The highest BCUT2D eigenvalue weighted by Gasteiger charge is 2.18. The van der Waals surface area contributed by atoms with Crippen LogP contribution in [-0.2, 0) is 0 Å². The average molecular weight is 331 g/mol. The number of halogens is 2. The summed E-state index contributed by atoms with van der Waals surface area (Å²) in [4.78, 5) is 2.21. The van der Waals surface area contributed by atoms with Crippen molar-refractivity contribution in [3.05, 3.63) is 34.1 Å². The lowest BCUT2D eigenvalue weighted by molar-refractivity contribution is 0.219. The molecule has 2 atom stereocenters. The monoisotopic (exact) mass is 330 g/mol. The molecule has 0 radical (unpaired) electrons. The van der Waals surface area contributed by atoms with Crippen LogP contribution in [0.25, 0.3) is 0 Å². The third-order valence-corrected chi connectivity index (χ3v) is 3.99. The molecule has 0 aromatic heterocycles. The zero-order valence-corrected chi connectivity index (χ0v) is 14.0. The van der Waals surface area contributed by atoms with Gasteiger partial charge in [0.25, 0.3) is 0 Å². The Labute approximate surface area is 124 Å². The lowest BCUT2D eigenvalue weighted by Crippen LogP contribution is -2.42. The van der Waals surface area contributed by atoms with Crippen molar-refractivity contribution in [1.82, 2.24) is 10.2 Å². The molecule has 0 aliphatic rings. The van der Waals surface area contributed by atoms with E-state index < -0.39 is 0 Å². The van der Waals surface area contributed by atoms with Crippen LogP contribution in [-0.4, -0.2) is 31.6 Å². The van der Waals surface area contributed by atoms with Crippen molar-refractivity contribution in [3.63, 3.8) is 0 Å². The number of hydrogen-bond acceptors (Lipinski definition) is 2. The molecule has 0 fully saturated rings. The summed E-state index contributed by atoms with van der Waals surface area (Å²) in [6.07, 6.45) is 0. The fraction of sp³-hybridized carbons (Fsp3) is 0.600. The van der Waals surface area contributed by atoms with Crippen molar-refractivity contribution >= 4 is 15.9 Å². The predicted molar refractivity (Wildman–Crippen MR) is 82.8 cm³/mol. The maximum absolute atomic E-state index is 13.9. The van der Waals surface area contributed by atoms with E-state index in [4.69, 9.17) is 0 Å². The molecule has 2 unspecified atom stereocenters. The Morgan fingerprint density at radius 1 is 1.26 bits per heavy atom. The Hall–Kier alpha value is -0.450. The zero-order chi connectivity index (χ0) is 14.6. The van der Waals surface area contributed by atoms with E-state index in [1.807, 2.05) is 19.1 Å². The molecule has 0 saturated carbocycles. The van der Waals surface area contributed by atoms with E-state index in [2.05, 4.69) is 54.1 Å². The van der Waals surface area contributed by atoms with Crippen LogP contribution in [0.2, 0.25) is 0 Å². The van der Waals surface area contributed by atoms with Gasteiger partial charge in [0.15, 0.2) is 0 Å². The molecule has 1 rings (SSSR count). The third kappa shape index (κ3) is 4.86. The molecule has 19 heavy (non-hydrogen) atoms. The lowest BCUT2D eigenvalue weighted by Gasteiger charge is -2.29. The first-order valence-corrected chi connectivity index (χ1v) is 7.47. The first-order chi connectivity index (χ1) is 8.82. The number of hydrogen-bond donors (Lipinski definition) is 1. The molecular formula is C15H24BrFN2. The maximum atomic E-state index is 13.9. The highest BCUT2D eigenvalue weighted by Crippen LogP contribution is 2.21. The van der Waals surface area contributed by atoms with Crippen LogP contribution in [0, 0.1) is 11.7 Å². The number of nitrogens with zero attached hydrogens (tertiary/aromatic N) is 1. The fourth-order valence-corrected chi connectivity index (χ4v) is 2.61. The summed E-state index contributed by atoms with van der Waals surface area (Å²) in [5, 5.41) is 3.42. The smallest absolute Gasteiger partial charge is 0.129 e. The molecule has 0 bridgehead atoms. The normalized spacial score (nSPS) is 15.0. The van der Waals surface area contributed by atoms with E-state index >= 15 is 0 Å². The molecule has 1 aromatic rings. The van der Waals surface area contributed by atoms with E-state index in [1.165, 1.54) is 6.07 Å². The fourth-order valence-electron chi connectivity index (χ4n) is 2.27. The molecule has 1 N–H and O–H groups in total. The second-order valence-corrected chi connectivity index (χ2v) is 6.49. The summed E-state index contributed by atoms with van der Waals surface area (Å²) < 4.78 is 14.6. The van der Waals surface area contributed by atoms with Gasteiger partial charge >= 0.3 is 0 Å². The zero-order valence-electron chi connectivity index (χ0n) is 12.4. The van der Waals surface area contributed by atoms with Crippen LogP contribution in [0.3, 0.4) is 0 Å². The Bertz CT molecular complexity index is 399. The van der Waals surface area contributed by atoms with Crippen LogP contribution >= 0.6 is 15.9 Å². The van der Waals surface area contributed by atoms with Gasteiger partial charge in [0, 0.05) is 28.7 Å². The van der Waals surface area contributed by atoms with Crippen LogP contribution in [0.5, 0.6) is 0 Å². The highest BCUT2D eigenvalue weighted by molar-refractivity contribution is 9.10. The minimum Gasteiger partial charge on any atom is -0.309 e. The van der Waals surface area contributed by atoms with Gasteiger partial charge in [-0.25, -0.2) is 4.39 Å². The largest absolute Gasteiger partial charge is 0.309 e. The molecule has 0 aliphatic carbocycles. The van der Waals surface area contributed by atoms with Crippen LogP contribution in [0.15, 0.2) is 22.7 Å². The van der Waals surface area contributed by atoms with Gasteiger partial charge in [-0.15, -0.1) is 0 Å². The van der Waals surface area contributed by atoms with Crippen LogP contribution < -0.4 is 5.32 Å². The third-order valence-electron chi connectivity index (χ3n) is 3.50. The average Bonchev–Trinajstić information content (AvgIpc) is 2.27. The van der Waals surface area contributed by atoms with Gasteiger partial charge in [-0.05, 0) is 39.1 Å². The van der Waals surface area contributed by atoms with Gasteiger partial charge in [0.1, 0.15) is 5.82 Å². The molecule has 0 aliphatic heterocycles. The maximum Gasteiger partial charge on any atom is 0.129 e. The molecule has 0 heterocycles. The number of likely N-dealkylation sites (N-methyl/N-ethyl adjacent to an activating group) is 1. The van der Waals surface area contributed by atoms with Gasteiger partial charge < -0.3 is 10.2 Å². The second-order valence-electron chi connectivity index (χ2n) is 5.57. The van der Waals surface area contributed by atoms with Gasteiger partial charge in [-0.3, -0.25) is 0 Å². The van der Waals surface area contributed by atoms with E-state index in [0.29, 0.717) is 17.5 Å². The van der Waals surface area contributed by atoms with Gasteiger partial charge in [-0.2, -0.15) is 0 Å². The van der Waals surface area contributed by atoms with Gasteiger partial charge in [0.05, 0.1) is 0 Å². The summed E-state index contributed by atoms with van der Waals surface area (Å²) in [7, 11) is 4.16. The molecule has 0 amide bonds. The standard InChI is InChI=1S/C15H24BrFN2/c1-10(2)15(19(4)5)9-18-11(3)13-7-6-12(16)8-14(13)17/h6-8,10-11,15,18H,9H2,1-5H3. The van der Waals surface area contributed by atoms with Gasteiger partial charge in [-0.1, -0.05) is 35.8 Å². The number of nitrogens with one attached hydrogen (secondary N) is 1. The van der Waals surface area contributed by atoms with E-state index in [0.717, 1.165) is 11.0 Å². The number of benzene rings is 1. The summed E-state index contributed by atoms with van der Waals surface area (Å²) in [6, 6.07) is 5.68. The Morgan fingerprint density at radius 3 is 2.37 bits per heavy atom. The quantitative estimate of drug-likeness (QED) is 0.852. The van der Waals surface area contributed by atoms with Crippen molar-refractivity contribution in [2.24, 2.45) is 5.92 Å². The Morgan fingerprint density at radius 2 is 1.89 bits per heavy atom.